The summed E-state index contributed by atoms with van der Waals surface area (Å²) in [7, 11) is 0. The largest absolute Gasteiger partial charge is 0.402 e. The monoisotopic (exact) mass is 271 g/mol. The second-order valence-corrected chi connectivity index (χ2v) is 8.31. The van der Waals surface area contributed by atoms with Crippen LogP contribution in [-0.4, -0.2) is 0 Å². The summed E-state index contributed by atoms with van der Waals surface area (Å²) in [4.78, 5) is 0. The predicted molar refractivity (Wildman–Crippen MR) is 84.0 cm³/mol. The molecule has 4 aliphatic rings. The molecule has 2 saturated carbocycles. The van der Waals surface area contributed by atoms with Gasteiger partial charge in [-0.3, -0.25) is 0 Å². The molecule has 5 unspecified atom stereocenters. The Balaban J connectivity index is 1.69. The van der Waals surface area contributed by atoms with Gasteiger partial charge in [-0.2, -0.15) is 0 Å². The Morgan fingerprint density at radius 1 is 1.05 bits per heavy atom. The molecule has 0 radical (unpaired) electrons. The molecular weight excluding hydrogens is 242 g/mol. The highest BCUT2D eigenvalue weighted by molar-refractivity contribution is 5.27. The summed E-state index contributed by atoms with van der Waals surface area (Å²) in [6.45, 7) is 5.03. The molecule has 0 heterocycles. The molecule has 1 nitrogen and oxygen atoms in total. The summed E-state index contributed by atoms with van der Waals surface area (Å²) in [5.41, 5.74) is 10.2. The first-order valence-electron chi connectivity index (χ1n) is 8.71. The van der Waals surface area contributed by atoms with Crippen LogP contribution in [-0.2, 0) is 0 Å². The van der Waals surface area contributed by atoms with Crippen molar-refractivity contribution >= 4 is 0 Å². The quantitative estimate of drug-likeness (QED) is 0.630. The zero-order chi connectivity index (χ0) is 14.0. The summed E-state index contributed by atoms with van der Waals surface area (Å²) >= 11 is 0. The third kappa shape index (κ3) is 1.50. The van der Waals surface area contributed by atoms with Gasteiger partial charge >= 0.3 is 0 Å². The van der Waals surface area contributed by atoms with Crippen LogP contribution >= 0.6 is 0 Å². The Bertz CT molecular complexity index is 488. The van der Waals surface area contributed by atoms with Gasteiger partial charge in [-0.25, -0.2) is 0 Å². The van der Waals surface area contributed by atoms with E-state index in [-0.39, 0.29) is 0 Å². The lowest BCUT2D eigenvalue weighted by atomic mass is 9.47. The minimum Gasteiger partial charge on any atom is -0.402 e. The van der Waals surface area contributed by atoms with E-state index in [1.807, 2.05) is 5.57 Å². The molecule has 4 rings (SSSR count). The zero-order valence-corrected chi connectivity index (χ0v) is 13.1. The number of nitrogens with two attached hydrogens (primary N) is 1. The van der Waals surface area contributed by atoms with Crippen molar-refractivity contribution in [3.05, 3.63) is 23.4 Å². The van der Waals surface area contributed by atoms with Crippen LogP contribution < -0.4 is 5.73 Å². The fourth-order valence-electron chi connectivity index (χ4n) is 6.35. The average molecular weight is 271 g/mol. The van der Waals surface area contributed by atoms with Crippen LogP contribution in [0, 0.1) is 28.6 Å². The van der Waals surface area contributed by atoms with E-state index in [1.165, 1.54) is 57.1 Å². The Labute approximate surface area is 123 Å². The molecule has 2 fully saturated rings. The number of hydrogen-bond acceptors (Lipinski definition) is 1. The highest BCUT2D eigenvalue weighted by atomic mass is 14.7. The Morgan fingerprint density at radius 3 is 2.75 bits per heavy atom. The third-order valence-electron chi connectivity index (χ3n) is 7.67. The van der Waals surface area contributed by atoms with E-state index >= 15 is 0 Å². The fourth-order valence-corrected chi connectivity index (χ4v) is 6.35. The van der Waals surface area contributed by atoms with Crippen LogP contribution in [0.2, 0.25) is 0 Å². The predicted octanol–water partition coefficient (Wildman–Crippen LogP) is 4.79. The van der Waals surface area contributed by atoms with E-state index in [0.717, 1.165) is 17.8 Å². The summed E-state index contributed by atoms with van der Waals surface area (Å²) in [5, 5.41) is 0. The fraction of sp³-hybridized carbons (Fsp3) is 0.789. The number of fused-ring (bicyclic) bond motifs is 5. The van der Waals surface area contributed by atoms with Gasteiger partial charge in [0.1, 0.15) is 0 Å². The molecule has 110 valence electrons. The summed E-state index contributed by atoms with van der Waals surface area (Å²) in [5.74, 6) is 2.69. The molecule has 5 atom stereocenters. The molecular formula is C19H29N. The van der Waals surface area contributed by atoms with Gasteiger partial charge in [-0.15, -0.1) is 0 Å². The Hall–Kier alpha value is -0.720. The van der Waals surface area contributed by atoms with Crippen molar-refractivity contribution in [3.63, 3.8) is 0 Å². The Morgan fingerprint density at radius 2 is 1.90 bits per heavy atom. The lowest BCUT2D eigenvalue weighted by molar-refractivity contribution is -0.0288. The standard InChI is InChI=1S/C19H29N/c1-18-11-4-3-5-13(18)6-7-14-15-8-9-17(20)19(15,2)12-10-16(14)18/h5,9,14-16H,3-4,6-8,10-12,20H2,1-2H3. The van der Waals surface area contributed by atoms with E-state index in [9.17, 15) is 0 Å². The van der Waals surface area contributed by atoms with Gasteiger partial charge < -0.3 is 5.73 Å². The summed E-state index contributed by atoms with van der Waals surface area (Å²) in [6.07, 6.45) is 15.9. The molecule has 0 saturated heterocycles. The number of rotatable bonds is 0. The molecule has 20 heavy (non-hydrogen) atoms. The van der Waals surface area contributed by atoms with Crippen LogP contribution in [0.15, 0.2) is 23.4 Å². The maximum absolute atomic E-state index is 6.36. The third-order valence-corrected chi connectivity index (χ3v) is 7.67. The molecule has 2 N–H and O–H groups in total. The molecule has 0 aromatic heterocycles. The smallest absolute Gasteiger partial charge is 0.0103 e. The van der Waals surface area contributed by atoms with Gasteiger partial charge in [0, 0.05) is 11.1 Å². The first-order valence-corrected chi connectivity index (χ1v) is 8.71. The molecule has 0 aromatic carbocycles. The van der Waals surface area contributed by atoms with Crippen molar-refractivity contribution in [2.75, 3.05) is 0 Å². The van der Waals surface area contributed by atoms with Crippen molar-refractivity contribution in [2.45, 2.75) is 65.2 Å². The highest BCUT2D eigenvalue weighted by Crippen LogP contribution is 2.64. The highest BCUT2D eigenvalue weighted by Gasteiger charge is 2.56. The topological polar surface area (TPSA) is 26.0 Å². The van der Waals surface area contributed by atoms with Crippen molar-refractivity contribution in [1.82, 2.24) is 0 Å². The van der Waals surface area contributed by atoms with E-state index in [1.54, 1.807) is 0 Å². The van der Waals surface area contributed by atoms with Crippen molar-refractivity contribution in [3.8, 4) is 0 Å². The summed E-state index contributed by atoms with van der Waals surface area (Å²) < 4.78 is 0. The van der Waals surface area contributed by atoms with E-state index in [0.29, 0.717) is 10.8 Å². The van der Waals surface area contributed by atoms with Crippen LogP contribution in [0.1, 0.15) is 65.2 Å². The molecule has 0 aliphatic heterocycles. The lowest BCUT2D eigenvalue weighted by Crippen LogP contribution is -2.50. The maximum Gasteiger partial charge on any atom is 0.0103 e. The lowest BCUT2D eigenvalue weighted by Gasteiger charge is -2.57. The van der Waals surface area contributed by atoms with Crippen LogP contribution in [0.4, 0.5) is 0 Å². The maximum atomic E-state index is 6.36. The van der Waals surface area contributed by atoms with E-state index < -0.39 is 0 Å². The van der Waals surface area contributed by atoms with Gasteiger partial charge in [-0.1, -0.05) is 31.6 Å². The normalized spacial score (nSPS) is 50.6. The summed E-state index contributed by atoms with van der Waals surface area (Å²) in [6, 6.07) is 0. The van der Waals surface area contributed by atoms with Crippen molar-refractivity contribution in [2.24, 2.45) is 34.3 Å². The molecule has 0 amide bonds. The van der Waals surface area contributed by atoms with E-state index in [2.05, 4.69) is 26.0 Å². The Kier molecular flexibility index (Phi) is 2.69. The molecule has 1 heteroatoms. The second kappa shape index (κ2) is 4.15. The van der Waals surface area contributed by atoms with Crippen LogP contribution in [0.25, 0.3) is 0 Å². The molecule has 0 aromatic rings. The molecule has 0 bridgehead atoms. The van der Waals surface area contributed by atoms with Crippen molar-refractivity contribution < 1.29 is 0 Å². The van der Waals surface area contributed by atoms with Crippen molar-refractivity contribution in [1.29, 1.82) is 0 Å². The minimum atomic E-state index is 0.327. The molecule has 4 aliphatic carbocycles. The minimum absolute atomic E-state index is 0.327. The van der Waals surface area contributed by atoms with Gasteiger partial charge in [0.25, 0.3) is 0 Å². The van der Waals surface area contributed by atoms with Gasteiger partial charge in [0.2, 0.25) is 0 Å². The first-order chi connectivity index (χ1) is 9.56. The SMILES string of the molecule is CC12CCC3C(CCC4=CCCCC43C)C1CC=C2N. The average Bonchev–Trinajstić information content (AvgIpc) is 2.74. The van der Waals surface area contributed by atoms with Gasteiger partial charge in [0.05, 0.1) is 0 Å². The molecule has 0 spiro atoms. The zero-order valence-electron chi connectivity index (χ0n) is 13.1. The van der Waals surface area contributed by atoms with Gasteiger partial charge in [0.15, 0.2) is 0 Å². The first kappa shape index (κ1) is 13.0. The van der Waals surface area contributed by atoms with Crippen LogP contribution in [0.3, 0.4) is 0 Å². The van der Waals surface area contributed by atoms with Crippen LogP contribution in [0.5, 0.6) is 0 Å². The van der Waals surface area contributed by atoms with E-state index in [4.69, 9.17) is 5.73 Å². The number of hydrogen-bond donors (Lipinski definition) is 1. The number of allylic oxidation sites excluding steroid dienone is 4. The van der Waals surface area contributed by atoms with Gasteiger partial charge in [-0.05, 0) is 74.5 Å². The second-order valence-electron chi connectivity index (χ2n) is 8.31.